The molecule has 190 valence electrons. The van der Waals surface area contributed by atoms with Gasteiger partial charge in [-0.3, -0.25) is 0 Å². The number of hydrogen-bond acceptors (Lipinski definition) is 4. The second-order valence-corrected chi connectivity index (χ2v) is 10.1. The average Bonchev–Trinajstić information content (AvgIpc) is 3.08. The van der Waals surface area contributed by atoms with Crippen LogP contribution in [0.3, 0.4) is 0 Å². The number of nitrogens with zero attached hydrogens (tertiary/aromatic N) is 3. The van der Waals surface area contributed by atoms with E-state index in [2.05, 4.69) is 37.2 Å². The topological polar surface area (TPSA) is 77.8 Å². The number of hydrogen-bond donors (Lipinski definition) is 0. The van der Waals surface area contributed by atoms with Gasteiger partial charge in [0.2, 0.25) is 0 Å². The third kappa shape index (κ3) is 9.16. The van der Waals surface area contributed by atoms with E-state index >= 15 is 0 Å². The summed E-state index contributed by atoms with van der Waals surface area (Å²) >= 11 is 0. The Bertz CT molecular complexity index is 761. The van der Waals surface area contributed by atoms with Crippen LogP contribution in [0.2, 0.25) is 0 Å². The predicted octanol–water partition coefficient (Wildman–Crippen LogP) is 6.92. The van der Waals surface area contributed by atoms with Gasteiger partial charge in [0.1, 0.15) is 0 Å². The molecule has 0 spiro atoms. The molecule has 0 bridgehead atoms. The minimum absolute atomic E-state index is 0.104. The molecule has 0 fully saturated rings. The molecule has 7 nitrogen and oxygen atoms in total. The monoisotopic (exact) mass is 483 g/mol. The summed E-state index contributed by atoms with van der Waals surface area (Å²) < 4.78 is 33.3. The molecule has 0 saturated carbocycles. The van der Waals surface area contributed by atoms with Gasteiger partial charge in [0.25, 0.3) is 0 Å². The highest BCUT2D eigenvalue weighted by molar-refractivity contribution is 7.97. The van der Waals surface area contributed by atoms with E-state index in [1.165, 1.54) is 94.2 Å². The number of unbranched alkanes of at least 4 members (excludes halogenated alkanes) is 4. The highest BCUT2D eigenvalue weighted by Crippen LogP contribution is 2.44. The average molecular weight is 484 g/mol. The number of fused-ring (bicyclic) bond motifs is 1. The van der Waals surface area contributed by atoms with Crippen LogP contribution in [0.4, 0.5) is 16.2 Å². The zero-order valence-corrected chi connectivity index (χ0v) is 22.2. The third-order valence-electron chi connectivity index (χ3n) is 5.92. The molecule has 0 N–H and O–H groups in total. The quantitative estimate of drug-likeness (QED) is 0.285. The molecule has 0 atom stereocenters. The van der Waals surface area contributed by atoms with Crippen molar-refractivity contribution < 1.29 is 22.4 Å². The number of quaternary nitrogens is 1. The van der Waals surface area contributed by atoms with E-state index in [9.17, 15) is 13.2 Å². The molecule has 0 aliphatic carbocycles. The summed E-state index contributed by atoms with van der Waals surface area (Å²) in [5.74, 6) is 0. The van der Waals surface area contributed by atoms with Crippen molar-refractivity contribution in [2.75, 3.05) is 37.1 Å². The van der Waals surface area contributed by atoms with Crippen LogP contribution in [0.1, 0.15) is 86.0 Å². The van der Waals surface area contributed by atoms with Crippen molar-refractivity contribution in [3.05, 3.63) is 29.0 Å². The van der Waals surface area contributed by atoms with Crippen molar-refractivity contribution in [2.24, 2.45) is 0 Å². The van der Waals surface area contributed by atoms with E-state index in [0.717, 1.165) is 0 Å². The number of ether oxygens (including phenoxy) is 1. The maximum absolute atomic E-state index is 11.6. The molecule has 0 unspecified atom stereocenters. The first-order valence-electron chi connectivity index (χ1n) is 12.7. The molecule has 8 heteroatoms. The number of carbonyl (C=O) groups excluding carboxylic acids is 1. The molecule has 0 saturated heterocycles. The fourth-order valence-electron chi connectivity index (χ4n) is 4.02. The van der Waals surface area contributed by atoms with Gasteiger partial charge in [-0.25, -0.2) is 13.2 Å². The molecule has 1 aliphatic rings. The first-order chi connectivity index (χ1) is 15.8. The zero-order chi connectivity index (χ0) is 24.7. The minimum Gasteiger partial charge on any atom is -0.557 e. The van der Waals surface area contributed by atoms with Crippen molar-refractivity contribution in [3.8, 4) is 0 Å². The van der Waals surface area contributed by atoms with E-state index in [-0.39, 0.29) is 18.0 Å². The Kier molecular flexibility index (Phi) is 13.4. The minimum atomic E-state index is -3.98. The summed E-state index contributed by atoms with van der Waals surface area (Å²) in [4.78, 5) is 11.5. The van der Waals surface area contributed by atoms with Crippen LogP contribution in [-0.2, 0) is 14.9 Å². The molecule has 1 aromatic carbocycles. The van der Waals surface area contributed by atoms with E-state index in [4.69, 9.17) is 0 Å². The standard InChI is InChI=1S/C16H36N.C9H9N2O4S/c1-5-9-13-17(14-10-6-2,15-11-7-3)16-12-8-4;1-2-15-9(12)11-8-6-4-3-5-7(8)10-16(11,13)14/h5-16H2,1-4H3;3-6H,2H2,1H3/q+1;-1. The second-order valence-electron chi connectivity index (χ2n) is 8.67. The van der Waals surface area contributed by atoms with Crippen LogP contribution in [0.25, 0.3) is 4.72 Å². The molecule has 33 heavy (non-hydrogen) atoms. The predicted molar refractivity (Wildman–Crippen MR) is 137 cm³/mol. The van der Waals surface area contributed by atoms with Crippen LogP contribution < -0.4 is 4.31 Å². The lowest BCUT2D eigenvalue weighted by Gasteiger charge is -2.39. The molecule has 0 radical (unpaired) electrons. The molecular formula is C25H45N3O4S. The lowest BCUT2D eigenvalue weighted by atomic mass is 10.1. The van der Waals surface area contributed by atoms with Gasteiger partial charge < -0.3 is 13.9 Å². The number of amides is 1. The second kappa shape index (κ2) is 15.2. The Hall–Kier alpha value is -1.80. The van der Waals surface area contributed by atoms with Gasteiger partial charge in [0.15, 0.2) is 10.2 Å². The van der Waals surface area contributed by atoms with Crippen molar-refractivity contribution in [2.45, 2.75) is 86.0 Å². The fourth-order valence-corrected chi connectivity index (χ4v) is 5.15. The summed E-state index contributed by atoms with van der Waals surface area (Å²) in [6.07, 6.45) is 10.1. The number of anilines is 1. The Balaban J connectivity index is 0.000000330. The molecule has 1 aliphatic heterocycles. The summed E-state index contributed by atoms with van der Waals surface area (Å²) in [6.45, 7) is 16.7. The zero-order valence-electron chi connectivity index (χ0n) is 21.4. The van der Waals surface area contributed by atoms with Crippen molar-refractivity contribution >= 4 is 27.7 Å². The van der Waals surface area contributed by atoms with Crippen LogP contribution in [0.5, 0.6) is 0 Å². The van der Waals surface area contributed by atoms with Gasteiger partial charge >= 0.3 is 6.09 Å². The van der Waals surface area contributed by atoms with Crippen LogP contribution in [-0.4, -0.2) is 51.8 Å². The number of carbonyl (C=O) groups is 1. The molecular weight excluding hydrogens is 438 g/mol. The molecule has 1 aromatic rings. The van der Waals surface area contributed by atoms with Crippen molar-refractivity contribution in [3.63, 3.8) is 0 Å². The molecule has 1 amide bonds. The Morgan fingerprint density at radius 3 is 1.73 bits per heavy atom. The van der Waals surface area contributed by atoms with E-state index in [1.807, 2.05) is 0 Å². The van der Waals surface area contributed by atoms with Gasteiger partial charge in [0, 0.05) is 5.69 Å². The van der Waals surface area contributed by atoms with Gasteiger partial charge in [-0.1, -0.05) is 71.6 Å². The normalized spacial score (nSPS) is 14.2. The van der Waals surface area contributed by atoms with Crippen molar-refractivity contribution in [1.82, 2.24) is 0 Å². The Morgan fingerprint density at radius 1 is 0.848 bits per heavy atom. The number of rotatable bonds is 13. The maximum Gasteiger partial charge on any atom is 0.427 e. The third-order valence-corrected chi connectivity index (χ3v) is 7.16. The summed E-state index contributed by atoms with van der Waals surface area (Å²) in [5.41, 5.74) is 0.469. The van der Waals surface area contributed by atoms with E-state index < -0.39 is 16.3 Å². The van der Waals surface area contributed by atoms with Gasteiger partial charge in [-0.15, -0.1) is 5.69 Å². The largest absolute Gasteiger partial charge is 0.557 e. The Labute approximate surface area is 202 Å². The lowest BCUT2D eigenvalue weighted by Crippen LogP contribution is -2.50. The van der Waals surface area contributed by atoms with E-state index in [1.54, 1.807) is 19.1 Å². The SMILES string of the molecule is CCCC[N+](CCCC)(CCCC)CCCC.CCOC(=O)N1c2ccccc2[N-]S1(=O)=O. The van der Waals surface area contributed by atoms with Gasteiger partial charge in [-0.05, 0) is 38.7 Å². The van der Waals surface area contributed by atoms with Crippen molar-refractivity contribution in [1.29, 1.82) is 0 Å². The van der Waals surface area contributed by atoms with Crippen LogP contribution in [0.15, 0.2) is 24.3 Å². The maximum atomic E-state index is 11.6. The number of para-hydroxylation sites is 1. The van der Waals surface area contributed by atoms with E-state index in [0.29, 0.717) is 4.31 Å². The molecule has 1 heterocycles. The summed E-state index contributed by atoms with van der Waals surface area (Å²) in [6, 6.07) is 6.29. The van der Waals surface area contributed by atoms with Gasteiger partial charge in [0.05, 0.1) is 32.8 Å². The molecule has 2 rings (SSSR count). The summed E-state index contributed by atoms with van der Waals surface area (Å²) in [5, 5.41) is 0. The van der Waals surface area contributed by atoms with Crippen LogP contribution in [0, 0.1) is 0 Å². The smallest absolute Gasteiger partial charge is 0.427 e. The fraction of sp³-hybridized carbons (Fsp3) is 0.720. The Morgan fingerprint density at radius 2 is 1.30 bits per heavy atom. The van der Waals surface area contributed by atoms with Crippen LogP contribution >= 0.6 is 0 Å². The number of benzene rings is 1. The highest BCUT2D eigenvalue weighted by Gasteiger charge is 2.30. The highest BCUT2D eigenvalue weighted by atomic mass is 32.2. The van der Waals surface area contributed by atoms with Gasteiger partial charge in [-0.2, -0.15) is 4.31 Å². The summed E-state index contributed by atoms with van der Waals surface area (Å²) in [7, 11) is -3.98. The molecule has 0 aromatic heterocycles. The lowest BCUT2D eigenvalue weighted by molar-refractivity contribution is -0.929. The first-order valence-corrected chi connectivity index (χ1v) is 14.1. The first kappa shape index (κ1) is 29.2.